The molecule has 0 aliphatic rings. The number of amides is 1. The lowest BCUT2D eigenvalue weighted by molar-refractivity contribution is 0.102. The molecule has 1 amide bonds. The molecule has 26 heavy (non-hydrogen) atoms. The number of thiophene rings is 1. The third-order valence-electron chi connectivity index (χ3n) is 3.50. The van der Waals surface area contributed by atoms with E-state index in [0.29, 0.717) is 5.89 Å². The minimum absolute atomic E-state index is 0.0339. The van der Waals surface area contributed by atoms with Gasteiger partial charge in [-0.25, -0.2) is 8.42 Å². The second kappa shape index (κ2) is 7.29. The maximum absolute atomic E-state index is 12.3. The highest BCUT2D eigenvalue weighted by Gasteiger charge is 2.20. The van der Waals surface area contributed by atoms with Crippen LogP contribution in [-0.2, 0) is 9.84 Å². The van der Waals surface area contributed by atoms with Gasteiger partial charge in [-0.3, -0.25) is 10.1 Å². The molecule has 0 bridgehead atoms. The Balaban J connectivity index is 1.74. The largest absolute Gasteiger partial charge is 0.402 e. The lowest BCUT2D eigenvalue weighted by Gasteiger charge is -2.08. The molecule has 7 nitrogen and oxygen atoms in total. The predicted octanol–water partition coefficient (Wildman–Crippen LogP) is 4.00. The molecule has 0 unspecified atom stereocenters. The number of hydrogen-bond donors (Lipinski definition) is 1. The fourth-order valence-corrected chi connectivity index (χ4v) is 4.41. The molecular weight excluding hydrogens is 442 g/mol. The third-order valence-corrected chi connectivity index (χ3v) is 7.28. The topological polar surface area (TPSA) is 102 Å². The molecule has 2 heterocycles. The van der Waals surface area contributed by atoms with Crippen LogP contribution < -0.4 is 5.32 Å². The van der Waals surface area contributed by atoms with Crippen LogP contribution in [0, 0.1) is 0 Å². The molecule has 0 aliphatic heterocycles. The number of hydrogen-bond acceptors (Lipinski definition) is 7. The van der Waals surface area contributed by atoms with Crippen molar-refractivity contribution in [3.63, 3.8) is 0 Å². The Kier molecular flexibility index (Phi) is 5.26. The summed E-state index contributed by atoms with van der Waals surface area (Å²) in [6, 6.07) is 9.35. The lowest BCUT2D eigenvalue weighted by Crippen LogP contribution is -2.15. The van der Waals surface area contributed by atoms with Crippen LogP contribution in [0.1, 0.15) is 24.2 Å². The second-order valence-electron chi connectivity index (χ2n) is 5.59. The number of halogens is 1. The quantitative estimate of drug-likeness (QED) is 0.623. The van der Waals surface area contributed by atoms with E-state index in [4.69, 9.17) is 4.42 Å². The Hall–Kier alpha value is -2.04. The first-order valence-electron chi connectivity index (χ1n) is 7.52. The molecule has 1 aromatic carbocycles. The van der Waals surface area contributed by atoms with Crippen LogP contribution in [0.3, 0.4) is 0 Å². The molecule has 0 saturated carbocycles. The molecule has 0 fully saturated rings. The van der Waals surface area contributed by atoms with Crippen LogP contribution >= 0.6 is 27.3 Å². The average Bonchev–Trinajstić information content (AvgIpc) is 3.23. The van der Waals surface area contributed by atoms with E-state index in [1.54, 1.807) is 13.8 Å². The molecule has 0 atom stereocenters. The summed E-state index contributed by atoms with van der Waals surface area (Å²) in [5, 5.41) is 9.65. The van der Waals surface area contributed by atoms with E-state index in [0.717, 1.165) is 8.66 Å². The van der Waals surface area contributed by atoms with Crippen molar-refractivity contribution in [2.75, 3.05) is 5.32 Å². The van der Waals surface area contributed by atoms with Gasteiger partial charge in [0.05, 0.1) is 18.8 Å². The SMILES string of the molecule is CC(C)S(=O)(=O)c1ccc(C(=O)Nc2nnc(-c3ccc(Br)s3)o2)cc1. The summed E-state index contributed by atoms with van der Waals surface area (Å²) in [5.41, 5.74) is 0.284. The van der Waals surface area contributed by atoms with Gasteiger partial charge in [0.1, 0.15) is 0 Å². The molecule has 1 N–H and O–H groups in total. The number of sulfone groups is 1. The third kappa shape index (κ3) is 3.87. The van der Waals surface area contributed by atoms with Crippen molar-refractivity contribution in [1.82, 2.24) is 10.2 Å². The first kappa shape index (κ1) is 18.7. The highest BCUT2D eigenvalue weighted by atomic mass is 79.9. The standard InChI is InChI=1S/C16H14BrN3O4S2/c1-9(2)26(22,23)11-5-3-10(4-6-11)14(21)18-16-20-19-15(24-16)12-7-8-13(17)25-12/h3-9H,1-2H3,(H,18,20,21). The number of carbonyl (C=O) groups excluding carboxylic acids is 1. The van der Waals surface area contributed by atoms with Crippen LogP contribution in [-0.4, -0.2) is 29.8 Å². The zero-order valence-electron chi connectivity index (χ0n) is 13.8. The number of carbonyl (C=O) groups is 1. The van der Waals surface area contributed by atoms with Crippen molar-refractivity contribution in [2.24, 2.45) is 0 Å². The molecule has 0 radical (unpaired) electrons. The normalized spacial score (nSPS) is 11.7. The van der Waals surface area contributed by atoms with Gasteiger partial charge in [-0.2, -0.15) is 0 Å². The Bertz CT molecular complexity index is 1040. The van der Waals surface area contributed by atoms with Crippen LogP contribution in [0.15, 0.2) is 49.5 Å². The zero-order valence-corrected chi connectivity index (χ0v) is 17.0. The van der Waals surface area contributed by atoms with Crippen LogP contribution in [0.25, 0.3) is 10.8 Å². The van der Waals surface area contributed by atoms with Crippen molar-refractivity contribution in [3.8, 4) is 10.8 Å². The molecule has 10 heteroatoms. The molecule has 0 aliphatic carbocycles. The fraction of sp³-hybridized carbons (Fsp3) is 0.188. The molecular formula is C16H14BrN3O4S2. The number of nitrogens with zero attached hydrogens (tertiary/aromatic N) is 2. The summed E-state index contributed by atoms with van der Waals surface area (Å²) in [6.45, 7) is 3.21. The summed E-state index contributed by atoms with van der Waals surface area (Å²) in [7, 11) is -3.38. The maximum Gasteiger partial charge on any atom is 0.322 e. The van der Waals surface area contributed by atoms with Gasteiger partial charge in [-0.05, 0) is 66.2 Å². The van der Waals surface area contributed by atoms with Crippen molar-refractivity contribution in [3.05, 3.63) is 45.7 Å². The van der Waals surface area contributed by atoms with Crippen LogP contribution in [0.4, 0.5) is 6.01 Å². The average molecular weight is 456 g/mol. The number of benzene rings is 1. The minimum Gasteiger partial charge on any atom is -0.402 e. The van der Waals surface area contributed by atoms with E-state index in [1.165, 1.54) is 35.6 Å². The van der Waals surface area contributed by atoms with E-state index in [2.05, 4.69) is 31.4 Å². The Morgan fingerprint density at radius 2 is 1.85 bits per heavy atom. The van der Waals surface area contributed by atoms with Gasteiger partial charge in [0.2, 0.25) is 0 Å². The van der Waals surface area contributed by atoms with Crippen molar-refractivity contribution < 1.29 is 17.6 Å². The summed E-state index contributed by atoms with van der Waals surface area (Å²) >= 11 is 4.78. The molecule has 3 aromatic rings. The predicted molar refractivity (Wildman–Crippen MR) is 102 cm³/mol. The second-order valence-corrected chi connectivity index (χ2v) is 10.6. The minimum atomic E-state index is -3.38. The van der Waals surface area contributed by atoms with Gasteiger partial charge in [0, 0.05) is 5.56 Å². The van der Waals surface area contributed by atoms with E-state index in [-0.39, 0.29) is 16.5 Å². The summed E-state index contributed by atoms with van der Waals surface area (Å²) < 4.78 is 30.6. The summed E-state index contributed by atoms with van der Waals surface area (Å²) in [5.74, 6) is -0.171. The van der Waals surface area contributed by atoms with Gasteiger partial charge >= 0.3 is 6.01 Å². The van der Waals surface area contributed by atoms with Crippen molar-refractivity contribution in [2.45, 2.75) is 24.0 Å². The Morgan fingerprint density at radius 1 is 1.15 bits per heavy atom. The summed E-state index contributed by atoms with van der Waals surface area (Å²) in [6.07, 6.45) is 0. The number of aromatic nitrogens is 2. The van der Waals surface area contributed by atoms with E-state index in [1.807, 2.05) is 12.1 Å². The molecule has 2 aromatic heterocycles. The first-order chi connectivity index (χ1) is 12.3. The Morgan fingerprint density at radius 3 is 2.42 bits per heavy atom. The van der Waals surface area contributed by atoms with E-state index < -0.39 is 21.0 Å². The molecule has 0 spiro atoms. The van der Waals surface area contributed by atoms with Gasteiger partial charge in [0.15, 0.2) is 9.84 Å². The maximum atomic E-state index is 12.3. The number of anilines is 1. The molecule has 136 valence electrons. The van der Waals surface area contributed by atoms with Crippen molar-refractivity contribution >= 4 is 49.0 Å². The van der Waals surface area contributed by atoms with Gasteiger partial charge in [-0.15, -0.1) is 16.4 Å². The molecule has 0 saturated heterocycles. The Labute approximate surface area is 162 Å². The van der Waals surface area contributed by atoms with Gasteiger partial charge in [0.25, 0.3) is 11.8 Å². The van der Waals surface area contributed by atoms with Gasteiger partial charge in [-0.1, -0.05) is 5.10 Å². The van der Waals surface area contributed by atoms with Crippen LogP contribution in [0.2, 0.25) is 0 Å². The highest BCUT2D eigenvalue weighted by Crippen LogP contribution is 2.31. The lowest BCUT2D eigenvalue weighted by atomic mass is 10.2. The fourth-order valence-electron chi connectivity index (χ4n) is 2.04. The monoisotopic (exact) mass is 455 g/mol. The summed E-state index contributed by atoms with van der Waals surface area (Å²) in [4.78, 5) is 13.2. The zero-order chi connectivity index (χ0) is 18.9. The van der Waals surface area contributed by atoms with Crippen molar-refractivity contribution in [1.29, 1.82) is 0 Å². The van der Waals surface area contributed by atoms with Gasteiger partial charge < -0.3 is 4.42 Å². The number of nitrogens with one attached hydrogen (secondary N) is 1. The first-order valence-corrected chi connectivity index (χ1v) is 10.7. The number of rotatable bonds is 5. The van der Waals surface area contributed by atoms with E-state index in [9.17, 15) is 13.2 Å². The highest BCUT2D eigenvalue weighted by molar-refractivity contribution is 9.11. The smallest absolute Gasteiger partial charge is 0.322 e. The molecule has 3 rings (SSSR count). The van der Waals surface area contributed by atoms with E-state index >= 15 is 0 Å². The van der Waals surface area contributed by atoms with Crippen LogP contribution in [0.5, 0.6) is 0 Å².